The maximum absolute atomic E-state index is 5.89. The van der Waals surface area contributed by atoms with Crippen LogP contribution >= 0.6 is 22.9 Å². The monoisotopic (exact) mass is 317 g/mol. The lowest BCUT2D eigenvalue weighted by molar-refractivity contribution is 0.576. The maximum Gasteiger partial charge on any atom is 0.129 e. The van der Waals surface area contributed by atoms with Gasteiger partial charge in [-0.15, -0.1) is 11.3 Å². The van der Waals surface area contributed by atoms with Crippen molar-refractivity contribution in [1.29, 1.82) is 0 Å². The van der Waals surface area contributed by atoms with Crippen LogP contribution < -0.4 is 5.32 Å². The van der Waals surface area contributed by atoms with E-state index in [9.17, 15) is 0 Å². The Morgan fingerprint density at radius 2 is 2.19 bits per heavy atom. The second-order valence-electron chi connectivity index (χ2n) is 4.99. The summed E-state index contributed by atoms with van der Waals surface area (Å²) in [4.78, 5) is 8.48. The molecule has 3 nitrogen and oxygen atoms in total. The molecule has 0 aromatic carbocycles. The van der Waals surface area contributed by atoms with Gasteiger partial charge in [0.15, 0.2) is 0 Å². The summed E-state index contributed by atoms with van der Waals surface area (Å²) in [6.07, 6.45) is 4.63. The van der Waals surface area contributed by atoms with Crippen molar-refractivity contribution in [2.24, 2.45) is 0 Å². The molecule has 3 heterocycles. The highest BCUT2D eigenvalue weighted by molar-refractivity contribution is 7.17. The molecule has 0 radical (unpaired) electrons. The second kappa shape index (κ2) is 6.52. The van der Waals surface area contributed by atoms with E-state index in [1.165, 1.54) is 15.8 Å². The molecular formula is C16H16ClN3S. The summed E-state index contributed by atoms with van der Waals surface area (Å²) in [6, 6.07) is 8.45. The SMILES string of the molecule is CC(NCCc1ccnc(Cl)c1)c1cnc2ccsc2c1. The fourth-order valence-corrected chi connectivity index (χ4v) is 3.23. The summed E-state index contributed by atoms with van der Waals surface area (Å²) >= 11 is 7.62. The van der Waals surface area contributed by atoms with E-state index < -0.39 is 0 Å². The number of hydrogen-bond acceptors (Lipinski definition) is 4. The van der Waals surface area contributed by atoms with E-state index in [1.54, 1.807) is 17.5 Å². The third kappa shape index (κ3) is 3.59. The Morgan fingerprint density at radius 3 is 3.05 bits per heavy atom. The summed E-state index contributed by atoms with van der Waals surface area (Å²) in [5.41, 5.74) is 3.49. The van der Waals surface area contributed by atoms with Crippen molar-refractivity contribution in [3.05, 3.63) is 58.3 Å². The summed E-state index contributed by atoms with van der Waals surface area (Å²) in [7, 11) is 0. The number of pyridine rings is 2. The first-order chi connectivity index (χ1) is 10.2. The molecule has 3 rings (SSSR count). The fourth-order valence-electron chi connectivity index (χ4n) is 2.25. The number of nitrogens with one attached hydrogen (secondary N) is 1. The highest BCUT2D eigenvalue weighted by Crippen LogP contribution is 2.22. The lowest BCUT2D eigenvalue weighted by atomic mass is 10.1. The summed E-state index contributed by atoms with van der Waals surface area (Å²) < 4.78 is 1.24. The first-order valence-corrected chi connectivity index (χ1v) is 8.15. The first-order valence-electron chi connectivity index (χ1n) is 6.89. The smallest absolute Gasteiger partial charge is 0.129 e. The quantitative estimate of drug-likeness (QED) is 0.715. The van der Waals surface area contributed by atoms with Crippen LogP contribution in [0.2, 0.25) is 5.15 Å². The zero-order chi connectivity index (χ0) is 14.7. The minimum Gasteiger partial charge on any atom is -0.310 e. The Hall–Kier alpha value is -1.49. The van der Waals surface area contributed by atoms with Gasteiger partial charge in [0.25, 0.3) is 0 Å². The van der Waals surface area contributed by atoms with Gasteiger partial charge in [0.05, 0.1) is 10.2 Å². The molecule has 108 valence electrons. The van der Waals surface area contributed by atoms with E-state index in [1.807, 2.05) is 18.3 Å². The second-order valence-corrected chi connectivity index (χ2v) is 6.32. The van der Waals surface area contributed by atoms with Crippen LogP contribution in [0.3, 0.4) is 0 Å². The van der Waals surface area contributed by atoms with Crippen LogP contribution in [-0.4, -0.2) is 16.5 Å². The third-order valence-corrected chi connectivity index (χ3v) is 4.54. The molecule has 0 aliphatic carbocycles. The minimum atomic E-state index is 0.279. The molecular weight excluding hydrogens is 302 g/mol. The molecule has 3 aromatic rings. The first kappa shape index (κ1) is 14.4. The lowest BCUT2D eigenvalue weighted by Gasteiger charge is -2.14. The van der Waals surface area contributed by atoms with E-state index in [0.29, 0.717) is 5.15 Å². The summed E-state index contributed by atoms with van der Waals surface area (Å²) in [6.45, 7) is 3.06. The minimum absolute atomic E-state index is 0.279. The number of rotatable bonds is 5. The zero-order valence-electron chi connectivity index (χ0n) is 11.7. The van der Waals surface area contributed by atoms with Crippen LogP contribution in [0.5, 0.6) is 0 Å². The molecule has 0 spiro atoms. The van der Waals surface area contributed by atoms with Crippen molar-refractivity contribution in [2.45, 2.75) is 19.4 Å². The largest absolute Gasteiger partial charge is 0.310 e. The highest BCUT2D eigenvalue weighted by Gasteiger charge is 2.07. The van der Waals surface area contributed by atoms with Crippen molar-refractivity contribution in [3.8, 4) is 0 Å². The van der Waals surface area contributed by atoms with Gasteiger partial charge in [0, 0.05) is 18.4 Å². The Morgan fingerprint density at radius 1 is 1.29 bits per heavy atom. The number of nitrogens with zero attached hydrogens (tertiary/aromatic N) is 2. The molecule has 0 saturated heterocycles. The van der Waals surface area contributed by atoms with Gasteiger partial charge >= 0.3 is 0 Å². The molecule has 0 aliphatic heterocycles. The van der Waals surface area contributed by atoms with Crippen LogP contribution in [-0.2, 0) is 6.42 Å². The van der Waals surface area contributed by atoms with Crippen molar-refractivity contribution in [2.75, 3.05) is 6.54 Å². The molecule has 21 heavy (non-hydrogen) atoms. The predicted octanol–water partition coefficient (Wildman–Crippen LogP) is 4.24. The number of fused-ring (bicyclic) bond motifs is 1. The molecule has 0 bridgehead atoms. The molecule has 5 heteroatoms. The van der Waals surface area contributed by atoms with E-state index in [4.69, 9.17) is 11.6 Å². The summed E-state index contributed by atoms with van der Waals surface area (Å²) in [5, 5.41) is 6.15. The molecule has 0 amide bonds. The Balaban J connectivity index is 1.59. The van der Waals surface area contributed by atoms with Gasteiger partial charge in [0.2, 0.25) is 0 Å². The number of thiophene rings is 1. The molecule has 3 aromatic heterocycles. The average Bonchev–Trinajstić information content (AvgIpc) is 2.94. The molecule has 1 N–H and O–H groups in total. The predicted molar refractivity (Wildman–Crippen MR) is 89.0 cm³/mol. The van der Waals surface area contributed by atoms with Crippen LogP contribution in [0.15, 0.2) is 42.0 Å². The standard InChI is InChI=1S/C16H16ClN3S/c1-11(13-9-15-14(20-10-13)4-7-21-15)18-5-2-12-3-6-19-16(17)8-12/h3-4,6-11,18H,2,5H2,1H3. The van der Waals surface area contributed by atoms with Gasteiger partial charge in [-0.05, 0) is 60.7 Å². The Bertz CT molecular complexity index is 741. The normalized spacial score (nSPS) is 12.7. The van der Waals surface area contributed by atoms with Gasteiger partial charge in [-0.3, -0.25) is 4.98 Å². The van der Waals surface area contributed by atoms with Gasteiger partial charge < -0.3 is 5.32 Å². The maximum atomic E-state index is 5.89. The van der Waals surface area contributed by atoms with Crippen LogP contribution in [0.25, 0.3) is 10.2 Å². The molecule has 0 saturated carbocycles. The van der Waals surface area contributed by atoms with Crippen LogP contribution in [0.4, 0.5) is 0 Å². The number of aromatic nitrogens is 2. The topological polar surface area (TPSA) is 37.8 Å². The third-order valence-electron chi connectivity index (χ3n) is 3.48. The van der Waals surface area contributed by atoms with Gasteiger partial charge in [-0.25, -0.2) is 4.98 Å². The lowest BCUT2D eigenvalue weighted by Crippen LogP contribution is -2.21. The van der Waals surface area contributed by atoms with E-state index >= 15 is 0 Å². The number of halogens is 1. The molecule has 1 unspecified atom stereocenters. The number of hydrogen-bond donors (Lipinski definition) is 1. The van der Waals surface area contributed by atoms with Crippen molar-refractivity contribution >= 4 is 33.2 Å². The Kier molecular flexibility index (Phi) is 4.48. The van der Waals surface area contributed by atoms with Gasteiger partial charge in [-0.1, -0.05) is 11.6 Å². The fraction of sp³-hybridized carbons (Fsp3) is 0.250. The average molecular weight is 318 g/mol. The van der Waals surface area contributed by atoms with Crippen LogP contribution in [0, 0.1) is 0 Å². The van der Waals surface area contributed by atoms with Crippen molar-refractivity contribution in [1.82, 2.24) is 15.3 Å². The highest BCUT2D eigenvalue weighted by atomic mass is 35.5. The summed E-state index contributed by atoms with van der Waals surface area (Å²) in [5.74, 6) is 0. The van der Waals surface area contributed by atoms with Crippen molar-refractivity contribution in [3.63, 3.8) is 0 Å². The van der Waals surface area contributed by atoms with Gasteiger partial charge in [0.1, 0.15) is 5.15 Å². The van der Waals surface area contributed by atoms with Gasteiger partial charge in [-0.2, -0.15) is 0 Å². The van der Waals surface area contributed by atoms with Crippen LogP contribution in [0.1, 0.15) is 24.1 Å². The van der Waals surface area contributed by atoms with Crippen molar-refractivity contribution < 1.29 is 0 Å². The van der Waals surface area contributed by atoms with E-state index in [2.05, 4.69) is 39.7 Å². The van der Waals surface area contributed by atoms with E-state index in [-0.39, 0.29) is 6.04 Å². The molecule has 0 fully saturated rings. The zero-order valence-corrected chi connectivity index (χ0v) is 13.3. The Labute approximate surface area is 133 Å². The van der Waals surface area contributed by atoms with E-state index in [0.717, 1.165) is 18.5 Å². The molecule has 1 atom stereocenters. The molecule has 0 aliphatic rings.